The molecule has 4 aromatic rings. The number of hydrogen-bond acceptors (Lipinski definition) is 8. The van der Waals surface area contributed by atoms with E-state index in [1.54, 1.807) is 6.20 Å². The van der Waals surface area contributed by atoms with E-state index in [1.165, 1.54) is 18.3 Å². The molecule has 0 radical (unpaired) electrons. The Morgan fingerprint density at radius 2 is 1.94 bits per heavy atom. The summed E-state index contributed by atoms with van der Waals surface area (Å²) in [5.74, 6) is 0.647. The number of aromatic nitrogens is 7. The van der Waals surface area contributed by atoms with Crippen molar-refractivity contribution in [2.75, 3.05) is 18.0 Å². The van der Waals surface area contributed by atoms with Gasteiger partial charge in [0.05, 0.1) is 17.9 Å². The normalized spacial score (nSPS) is 19.8. The maximum atomic E-state index is 13.3. The van der Waals surface area contributed by atoms with Crippen molar-refractivity contribution in [1.82, 2.24) is 34.7 Å². The second-order valence-electron chi connectivity index (χ2n) is 8.63. The van der Waals surface area contributed by atoms with Gasteiger partial charge in [-0.1, -0.05) is 11.8 Å². The van der Waals surface area contributed by atoms with E-state index >= 15 is 0 Å². The van der Waals surface area contributed by atoms with Gasteiger partial charge in [-0.25, -0.2) is 9.97 Å². The van der Waals surface area contributed by atoms with E-state index in [0.29, 0.717) is 22.3 Å². The van der Waals surface area contributed by atoms with Crippen molar-refractivity contribution in [1.29, 1.82) is 0 Å². The molecular weight excluding hydrogens is 467 g/mol. The number of alkyl halides is 3. The van der Waals surface area contributed by atoms with Gasteiger partial charge in [0.1, 0.15) is 5.03 Å². The average molecular weight is 488 g/mol. The van der Waals surface area contributed by atoms with Crippen LogP contribution >= 0.6 is 11.8 Å². The fourth-order valence-electron chi connectivity index (χ4n) is 4.85. The van der Waals surface area contributed by atoms with Gasteiger partial charge in [-0.3, -0.25) is 9.67 Å². The highest BCUT2D eigenvalue weighted by atomic mass is 32.2. The highest BCUT2D eigenvalue weighted by Gasteiger charge is 2.47. The number of aromatic amines is 1. The number of H-pyrrole nitrogens is 1. The van der Waals surface area contributed by atoms with Crippen molar-refractivity contribution in [3.05, 3.63) is 48.2 Å². The summed E-state index contributed by atoms with van der Waals surface area (Å²) in [7, 11) is 0. The van der Waals surface area contributed by atoms with Crippen LogP contribution in [0.1, 0.15) is 30.3 Å². The van der Waals surface area contributed by atoms with E-state index in [9.17, 15) is 13.2 Å². The van der Waals surface area contributed by atoms with Crippen LogP contribution in [-0.2, 0) is 12.7 Å². The third-order valence-electron chi connectivity index (χ3n) is 6.68. The first-order valence-electron chi connectivity index (χ1n) is 10.8. The molecule has 0 bridgehead atoms. The smallest absolute Gasteiger partial charge is 0.342 e. The molecule has 2 aliphatic rings. The van der Waals surface area contributed by atoms with Crippen LogP contribution in [0.5, 0.6) is 0 Å². The second kappa shape index (κ2) is 7.67. The van der Waals surface area contributed by atoms with E-state index < -0.39 is 11.9 Å². The molecule has 176 valence electrons. The molecule has 4 aromatic heterocycles. The molecule has 6 heterocycles. The van der Waals surface area contributed by atoms with Gasteiger partial charge in [-0.05, 0) is 31.0 Å². The second-order valence-corrected chi connectivity index (χ2v) is 9.69. The molecule has 6 rings (SSSR count). The number of imidazole rings is 1. The minimum absolute atomic E-state index is 0.00761. The predicted octanol–water partition coefficient (Wildman–Crippen LogP) is 3.41. The predicted molar refractivity (Wildman–Crippen MR) is 118 cm³/mol. The summed E-state index contributed by atoms with van der Waals surface area (Å²) >= 11 is 0.869. The van der Waals surface area contributed by atoms with Gasteiger partial charge in [0, 0.05) is 42.3 Å². The summed E-state index contributed by atoms with van der Waals surface area (Å²) in [4.78, 5) is 22.1. The van der Waals surface area contributed by atoms with Crippen LogP contribution in [0.3, 0.4) is 0 Å². The number of anilines is 1. The van der Waals surface area contributed by atoms with Crippen LogP contribution in [0.4, 0.5) is 19.1 Å². The Morgan fingerprint density at radius 1 is 1.12 bits per heavy atom. The Kier molecular flexibility index (Phi) is 4.81. The van der Waals surface area contributed by atoms with Crippen molar-refractivity contribution in [2.24, 2.45) is 11.1 Å². The fraction of sp³-hybridized carbons (Fsp3) is 0.381. The van der Waals surface area contributed by atoms with Crippen molar-refractivity contribution in [2.45, 2.75) is 41.5 Å². The van der Waals surface area contributed by atoms with Crippen LogP contribution in [0.2, 0.25) is 0 Å². The molecule has 0 aliphatic carbocycles. The van der Waals surface area contributed by atoms with Crippen LogP contribution in [0, 0.1) is 5.41 Å². The number of nitrogens with one attached hydrogen (secondary N) is 1. The topological polar surface area (TPSA) is 114 Å². The number of nitrogens with two attached hydrogens (primary N) is 1. The van der Waals surface area contributed by atoms with Crippen molar-refractivity contribution in [3.8, 4) is 0 Å². The largest absolute Gasteiger partial charge is 0.434 e. The first kappa shape index (κ1) is 21.4. The molecule has 3 N–H and O–H groups in total. The van der Waals surface area contributed by atoms with Gasteiger partial charge in [0.2, 0.25) is 5.95 Å². The number of halogens is 3. The molecule has 1 spiro atoms. The SMILES string of the molecule is N[C@@H]1c2ccnn2CC12CCN(c1nc3ncc(Sc4cccnc4C(F)(F)F)nc3[nH]1)CC2. The monoisotopic (exact) mass is 487 g/mol. The molecule has 1 saturated heterocycles. The van der Waals surface area contributed by atoms with Crippen LogP contribution < -0.4 is 10.6 Å². The van der Waals surface area contributed by atoms with Crippen molar-refractivity contribution in [3.63, 3.8) is 0 Å². The average Bonchev–Trinajstić information content (AvgIpc) is 3.50. The van der Waals surface area contributed by atoms with Gasteiger partial charge in [-0.15, -0.1) is 0 Å². The Hall–Kier alpha value is -3.19. The quantitative estimate of drug-likeness (QED) is 0.452. The maximum Gasteiger partial charge on any atom is 0.434 e. The lowest BCUT2D eigenvalue weighted by Gasteiger charge is -2.41. The van der Waals surface area contributed by atoms with E-state index in [2.05, 4.69) is 34.9 Å². The van der Waals surface area contributed by atoms with E-state index in [1.807, 2.05) is 10.7 Å². The highest BCUT2D eigenvalue weighted by Crippen LogP contribution is 2.47. The lowest BCUT2D eigenvalue weighted by molar-refractivity contribution is -0.143. The number of pyridine rings is 1. The fourth-order valence-corrected chi connectivity index (χ4v) is 5.73. The van der Waals surface area contributed by atoms with Crippen LogP contribution in [-0.4, -0.2) is 47.8 Å². The maximum absolute atomic E-state index is 13.3. The summed E-state index contributed by atoms with van der Waals surface area (Å²) in [6, 6.07) is 4.78. The molecular formula is C21H20F3N9S. The highest BCUT2D eigenvalue weighted by molar-refractivity contribution is 7.99. The summed E-state index contributed by atoms with van der Waals surface area (Å²) in [6.07, 6.45) is 1.59. The van der Waals surface area contributed by atoms with Gasteiger partial charge >= 0.3 is 6.18 Å². The lowest BCUT2D eigenvalue weighted by Crippen LogP contribution is -2.45. The molecule has 1 fully saturated rings. The minimum Gasteiger partial charge on any atom is -0.342 e. The van der Waals surface area contributed by atoms with E-state index in [4.69, 9.17) is 5.73 Å². The molecule has 13 heteroatoms. The van der Waals surface area contributed by atoms with Gasteiger partial charge < -0.3 is 15.6 Å². The van der Waals surface area contributed by atoms with E-state index in [-0.39, 0.29) is 16.4 Å². The van der Waals surface area contributed by atoms with Gasteiger partial charge in [0.15, 0.2) is 17.0 Å². The van der Waals surface area contributed by atoms with Crippen LogP contribution in [0.15, 0.2) is 46.7 Å². The third-order valence-corrected chi connectivity index (χ3v) is 7.63. The lowest BCUT2D eigenvalue weighted by atomic mass is 9.74. The van der Waals surface area contributed by atoms with Crippen molar-refractivity contribution < 1.29 is 13.2 Å². The molecule has 0 aromatic carbocycles. The van der Waals surface area contributed by atoms with E-state index in [0.717, 1.165) is 56.1 Å². The zero-order valence-electron chi connectivity index (χ0n) is 17.8. The Labute approximate surface area is 196 Å². The molecule has 9 nitrogen and oxygen atoms in total. The Morgan fingerprint density at radius 3 is 2.71 bits per heavy atom. The summed E-state index contributed by atoms with van der Waals surface area (Å²) < 4.78 is 41.8. The van der Waals surface area contributed by atoms with Gasteiger partial charge in [-0.2, -0.15) is 23.3 Å². The first-order chi connectivity index (χ1) is 16.3. The third kappa shape index (κ3) is 3.50. The molecule has 34 heavy (non-hydrogen) atoms. The zero-order chi connectivity index (χ0) is 23.5. The summed E-state index contributed by atoms with van der Waals surface area (Å²) in [5, 5.41) is 4.70. The molecule has 0 amide bonds. The standard InChI is InChI=1S/C21H20F3N9S/c22-21(23,24)16-13(2-1-6-26-16)34-14-10-27-17-18(29-14)31-19(30-17)32-8-4-20(5-9-32)11-33-12(15(20)25)3-7-28-33/h1-3,6-7,10,15H,4-5,8-9,11,25H2,(H,27,29,30,31)/t15-/m1/s1. The minimum atomic E-state index is -4.55. The number of rotatable bonds is 3. The number of nitrogens with zero attached hydrogens (tertiary/aromatic N) is 7. The summed E-state index contributed by atoms with van der Waals surface area (Å²) in [5.41, 5.74) is 7.54. The molecule has 1 atom stereocenters. The molecule has 2 aliphatic heterocycles. The van der Waals surface area contributed by atoms with Gasteiger partial charge in [0.25, 0.3) is 0 Å². The first-order valence-corrected chi connectivity index (χ1v) is 11.6. The number of hydrogen-bond donors (Lipinski definition) is 2. The zero-order valence-corrected chi connectivity index (χ0v) is 18.6. The van der Waals surface area contributed by atoms with Crippen LogP contribution in [0.25, 0.3) is 11.3 Å². The molecule has 0 saturated carbocycles. The number of fused-ring (bicyclic) bond motifs is 2. The molecule has 0 unspecified atom stereocenters. The number of piperidine rings is 1. The van der Waals surface area contributed by atoms with Crippen molar-refractivity contribution >= 4 is 29.0 Å². The Bertz CT molecular complexity index is 1360. The summed E-state index contributed by atoms with van der Waals surface area (Å²) in [6.45, 7) is 2.36. The Balaban J connectivity index is 1.20.